The summed E-state index contributed by atoms with van der Waals surface area (Å²) >= 11 is 0. The van der Waals surface area contributed by atoms with Gasteiger partial charge in [-0.3, -0.25) is 9.59 Å². The highest BCUT2D eigenvalue weighted by Crippen LogP contribution is 0.801. The minimum absolute atomic E-state index is 0. The number of rotatable bonds is 0. The lowest BCUT2D eigenvalue weighted by Crippen LogP contribution is -1.82. The summed E-state index contributed by atoms with van der Waals surface area (Å²) in [6.07, 6.45) is 0.500. The van der Waals surface area contributed by atoms with Crippen molar-refractivity contribution in [3.63, 3.8) is 0 Å². The first-order valence-electron chi connectivity index (χ1n) is 1.14. The second-order valence-corrected chi connectivity index (χ2v) is 0.272. The fourth-order valence-electron chi connectivity index (χ4n) is 0. The smallest absolute Gasteiger partial charge is 0.204 e. The van der Waals surface area contributed by atoms with Gasteiger partial charge in [0.2, 0.25) is 12.8 Å². The summed E-state index contributed by atoms with van der Waals surface area (Å²) in [5, 5.41) is 0. The van der Waals surface area contributed by atoms with Crippen molar-refractivity contribution in [2.45, 2.75) is 0 Å². The Labute approximate surface area is 43.4 Å². The Morgan fingerprint density at radius 3 is 1.00 bits per heavy atom. The molecule has 0 aliphatic rings. The third-order valence-electron chi connectivity index (χ3n) is 0. The predicted molar refractivity (Wildman–Crippen MR) is 30.4 cm³/mol. The number of amides is 2. The molecule has 0 heterocycles. The second-order valence-electron chi connectivity index (χ2n) is 0.272. The molecule has 0 aliphatic carbocycles. The molecule has 42 valence electrons. The molecule has 0 radical (unpaired) electrons. The third kappa shape index (κ3) is 45.6. The quantitative estimate of drug-likeness (QED) is 0.253. The molecule has 4 nitrogen and oxygen atoms in total. The van der Waals surface area contributed by atoms with Crippen LogP contribution in [0, 0.1) is 0 Å². The van der Waals surface area contributed by atoms with E-state index in [0.717, 1.165) is 0 Å². The normalized spacial score (nSPS) is 3.43. The van der Waals surface area contributed by atoms with Crippen LogP contribution >= 0.6 is 0 Å². The van der Waals surface area contributed by atoms with E-state index in [1.807, 2.05) is 0 Å². The van der Waals surface area contributed by atoms with Gasteiger partial charge >= 0.3 is 0 Å². The molecule has 0 bridgehead atoms. The lowest BCUT2D eigenvalue weighted by molar-refractivity contribution is -0.107. The third-order valence-corrected chi connectivity index (χ3v) is 0. The van der Waals surface area contributed by atoms with Gasteiger partial charge in [-0.25, -0.2) is 0 Å². The minimum Gasteiger partial charge on any atom is -0.372 e. The Morgan fingerprint density at radius 1 is 1.00 bits per heavy atom. The SMILES string of the molecule is B.NC=O.NC=O. The molecule has 0 spiro atoms. The summed E-state index contributed by atoms with van der Waals surface area (Å²) in [5.74, 6) is 0. The Balaban J connectivity index is -0.0000000400. The van der Waals surface area contributed by atoms with Gasteiger partial charge in [-0.15, -0.1) is 0 Å². The maximum Gasteiger partial charge on any atom is 0.204 e. The van der Waals surface area contributed by atoms with E-state index in [2.05, 4.69) is 11.5 Å². The van der Waals surface area contributed by atoms with Crippen molar-refractivity contribution in [1.29, 1.82) is 0 Å². The van der Waals surface area contributed by atoms with Gasteiger partial charge in [0.05, 0.1) is 8.41 Å². The zero-order chi connectivity index (χ0) is 5.41. The van der Waals surface area contributed by atoms with Gasteiger partial charge in [0.25, 0.3) is 0 Å². The van der Waals surface area contributed by atoms with E-state index in [9.17, 15) is 0 Å². The maximum atomic E-state index is 8.58. The van der Waals surface area contributed by atoms with Gasteiger partial charge in [-0.05, 0) is 0 Å². The van der Waals surface area contributed by atoms with Crippen LogP contribution < -0.4 is 11.5 Å². The Morgan fingerprint density at radius 2 is 1.00 bits per heavy atom. The highest BCUT2D eigenvalue weighted by atomic mass is 16.1. The summed E-state index contributed by atoms with van der Waals surface area (Å²) < 4.78 is 0. The molecule has 5 heteroatoms. The van der Waals surface area contributed by atoms with Crippen LogP contribution in [0.15, 0.2) is 0 Å². The number of carbonyl (C=O) groups excluding carboxylic acids is 2. The molecule has 0 saturated carbocycles. The van der Waals surface area contributed by atoms with Crippen LogP contribution in [-0.4, -0.2) is 21.2 Å². The molecule has 7 heavy (non-hydrogen) atoms. The first kappa shape index (κ1) is 16.7. The molecule has 0 rings (SSSR count). The summed E-state index contributed by atoms with van der Waals surface area (Å²) in [6, 6.07) is 0. The standard InChI is InChI=1S/2CH3NO.BH3/c2*2-1-3;/h2*1H,(H2,2,3);1H3. The van der Waals surface area contributed by atoms with Crippen molar-refractivity contribution in [2.75, 3.05) is 0 Å². The van der Waals surface area contributed by atoms with E-state index < -0.39 is 0 Å². The Bertz CT molecular complexity index is 34.7. The number of hydrogen-bond donors (Lipinski definition) is 2. The summed E-state index contributed by atoms with van der Waals surface area (Å²) in [7, 11) is 0. The van der Waals surface area contributed by atoms with Gasteiger partial charge in [-0.2, -0.15) is 0 Å². The average molecular weight is 104 g/mol. The topological polar surface area (TPSA) is 86.2 Å². The van der Waals surface area contributed by atoms with Crippen molar-refractivity contribution in [1.82, 2.24) is 0 Å². The number of carbonyl (C=O) groups is 2. The first-order chi connectivity index (χ1) is 2.83. The monoisotopic (exact) mass is 104 g/mol. The van der Waals surface area contributed by atoms with Crippen molar-refractivity contribution in [2.24, 2.45) is 11.5 Å². The average Bonchev–Trinajstić information content (AvgIpc) is 1.39. The molecule has 0 aliphatic heterocycles. The van der Waals surface area contributed by atoms with Crippen LogP contribution in [0.2, 0.25) is 0 Å². The van der Waals surface area contributed by atoms with Crippen LogP contribution in [0.1, 0.15) is 0 Å². The summed E-state index contributed by atoms with van der Waals surface area (Å²) in [4.78, 5) is 17.2. The van der Waals surface area contributed by atoms with Crippen LogP contribution in [0.4, 0.5) is 0 Å². The lowest BCUT2D eigenvalue weighted by Gasteiger charge is -1.32. The first-order valence-corrected chi connectivity index (χ1v) is 1.14. The maximum absolute atomic E-state index is 8.58. The van der Waals surface area contributed by atoms with E-state index >= 15 is 0 Å². The molecule has 0 atom stereocenters. The van der Waals surface area contributed by atoms with Crippen LogP contribution in [0.5, 0.6) is 0 Å². The summed E-state index contributed by atoms with van der Waals surface area (Å²) in [5.41, 5.74) is 8.33. The molecule has 0 saturated heterocycles. The number of nitrogens with two attached hydrogens (primary N) is 2. The fraction of sp³-hybridized carbons (Fsp3) is 0. The van der Waals surface area contributed by atoms with Crippen LogP contribution in [0.3, 0.4) is 0 Å². The number of primary amides is 2. The van der Waals surface area contributed by atoms with E-state index in [0.29, 0.717) is 0 Å². The zero-order valence-corrected chi connectivity index (χ0v) is 3.13. The van der Waals surface area contributed by atoms with Gasteiger partial charge in [0.15, 0.2) is 0 Å². The largest absolute Gasteiger partial charge is 0.372 e. The van der Waals surface area contributed by atoms with Gasteiger partial charge in [0.1, 0.15) is 0 Å². The fourth-order valence-corrected chi connectivity index (χ4v) is 0. The molecular formula is C2H9BN2O2. The van der Waals surface area contributed by atoms with E-state index in [1.54, 1.807) is 0 Å². The van der Waals surface area contributed by atoms with Crippen molar-refractivity contribution in [3.05, 3.63) is 0 Å². The molecule has 0 fully saturated rings. The van der Waals surface area contributed by atoms with E-state index in [1.165, 1.54) is 0 Å². The Hall–Kier alpha value is -0.995. The van der Waals surface area contributed by atoms with Crippen LogP contribution in [-0.2, 0) is 9.59 Å². The predicted octanol–water partition coefficient (Wildman–Crippen LogP) is -2.98. The molecule has 0 aromatic carbocycles. The van der Waals surface area contributed by atoms with E-state index in [-0.39, 0.29) is 21.2 Å². The molecule has 4 N–H and O–H groups in total. The van der Waals surface area contributed by atoms with Crippen molar-refractivity contribution < 1.29 is 9.59 Å². The Kier molecular flexibility index (Phi) is 189. The molecular weight excluding hydrogens is 94.8 g/mol. The molecule has 0 aromatic heterocycles. The summed E-state index contributed by atoms with van der Waals surface area (Å²) in [6.45, 7) is 0. The zero-order valence-electron chi connectivity index (χ0n) is 3.13. The molecule has 0 aromatic rings. The second kappa shape index (κ2) is 79.5. The van der Waals surface area contributed by atoms with Gasteiger partial charge in [0, 0.05) is 0 Å². The van der Waals surface area contributed by atoms with Crippen LogP contribution in [0.25, 0.3) is 0 Å². The highest BCUT2D eigenvalue weighted by molar-refractivity contribution is 5.75. The lowest BCUT2D eigenvalue weighted by atomic mass is 10.8. The van der Waals surface area contributed by atoms with Gasteiger partial charge in [-0.1, -0.05) is 0 Å². The highest BCUT2D eigenvalue weighted by Gasteiger charge is 1.19. The van der Waals surface area contributed by atoms with Crippen molar-refractivity contribution >= 4 is 21.2 Å². The number of hydrogen-bond acceptors (Lipinski definition) is 2. The van der Waals surface area contributed by atoms with Crippen molar-refractivity contribution in [3.8, 4) is 0 Å². The molecule has 2 amide bonds. The van der Waals surface area contributed by atoms with E-state index in [4.69, 9.17) is 9.59 Å². The van der Waals surface area contributed by atoms with Gasteiger partial charge < -0.3 is 11.5 Å². The minimum atomic E-state index is 0. The molecule has 0 unspecified atom stereocenters.